The lowest BCUT2D eigenvalue weighted by Gasteiger charge is -2.06. The Labute approximate surface area is 72.7 Å². The third-order valence-corrected chi connectivity index (χ3v) is 3.90. The summed E-state index contributed by atoms with van der Waals surface area (Å²) in [6.45, 7) is 0. The molecular formula is C7H8Br2. The van der Waals surface area contributed by atoms with Gasteiger partial charge in [0.2, 0.25) is 0 Å². The van der Waals surface area contributed by atoms with Crippen LogP contribution in [0.1, 0.15) is 19.3 Å². The van der Waals surface area contributed by atoms with Crippen molar-refractivity contribution in [3.63, 3.8) is 0 Å². The van der Waals surface area contributed by atoms with E-state index in [0.717, 1.165) is 6.42 Å². The van der Waals surface area contributed by atoms with Crippen LogP contribution in [-0.4, -0.2) is 9.65 Å². The maximum Gasteiger partial charge on any atom is 0.0879 e. The maximum atomic E-state index is 3.55. The summed E-state index contributed by atoms with van der Waals surface area (Å²) in [5, 5.41) is 0. The van der Waals surface area contributed by atoms with Gasteiger partial charge in [0, 0.05) is 11.2 Å². The van der Waals surface area contributed by atoms with Crippen molar-refractivity contribution in [1.29, 1.82) is 0 Å². The van der Waals surface area contributed by atoms with Gasteiger partial charge in [0.1, 0.15) is 0 Å². The largest absolute Gasteiger partial charge is 0.102 e. The number of halogens is 2. The highest BCUT2D eigenvalue weighted by molar-refractivity contribution is 9.12. The highest BCUT2D eigenvalue weighted by atomic mass is 79.9. The fourth-order valence-corrected chi connectivity index (χ4v) is 1.67. The fraction of sp³-hybridized carbons (Fsp3) is 0.714. The molecule has 9 heavy (non-hydrogen) atoms. The Hall–Kier alpha value is 0.520. The van der Waals surface area contributed by atoms with Crippen LogP contribution >= 0.6 is 31.9 Å². The van der Waals surface area contributed by atoms with Crippen LogP contribution in [0.25, 0.3) is 0 Å². The van der Waals surface area contributed by atoms with Crippen molar-refractivity contribution in [3.05, 3.63) is 0 Å². The second kappa shape index (κ2) is 3.63. The lowest BCUT2D eigenvalue weighted by Crippen LogP contribution is -2.09. The van der Waals surface area contributed by atoms with Crippen LogP contribution in [0, 0.1) is 11.8 Å². The molecule has 0 bridgehead atoms. The van der Waals surface area contributed by atoms with Crippen LogP contribution in [0.4, 0.5) is 0 Å². The van der Waals surface area contributed by atoms with Crippen molar-refractivity contribution < 1.29 is 0 Å². The molecule has 2 unspecified atom stereocenters. The van der Waals surface area contributed by atoms with E-state index < -0.39 is 0 Å². The van der Waals surface area contributed by atoms with Gasteiger partial charge in [-0.05, 0) is 12.8 Å². The molecule has 0 saturated heterocycles. The van der Waals surface area contributed by atoms with Crippen LogP contribution in [-0.2, 0) is 0 Å². The van der Waals surface area contributed by atoms with Gasteiger partial charge in [-0.1, -0.05) is 37.8 Å². The SMILES string of the molecule is BrC1C#CCCCC1Br. The number of hydrogen-bond donors (Lipinski definition) is 0. The Morgan fingerprint density at radius 1 is 1.33 bits per heavy atom. The smallest absolute Gasteiger partial charge is 0.0879 e. The molecule has 0 aromatic rings. The first kappa shape index (κ1) is 7.63. The van der Waals surface area contributed by atoms with Gasteiger partial charge in [-0.3, -0.25) is 0 Å². The fourth-order valence-electron chi connectivity index (χ4n) is 0.792. The summed E-state index contributed by atoms with van der Waals surface area (Å²) in [5.41, 5.74) is 0. The van der Waals surface area contributed by atoms with Gasteiger partial charge in [-0.2, -0.15) is 0 Å². The zero-order valence-electron chi connectivity index (χ0n) is 5.03. The van der Waals surface area contributed by atoms with E-state index in [0.29, 0.717) is 9.65 Å². The molecule has 2 atom stereocenters. The van der Waals surface area contributed by atoms with Gasteiger partial charge in [-0.25, -0.2) is 0 Å². The quantitative estimate of drug-likeness (QED) is 0.459. The van der Waals surface area contributed by atoms with E-state index in [2.05, 4.69) is 43.7 Å². The lowest BCUT2D eigenvalue weighted by atomic mass is 10.2. The Balaban J connectivity index is 2.51. The Bertz CT molecular complexity index is 143. The molecule has 50 valence electrons. The van der Waals surface area contributed by atoms with Gasteiger partial charge in [0.15, 0.2) is 0 Å². The average Bonchev–Trinajstić information content (AvgIpc) is 1.99. The zero-order valence-corrected chi connectivity index (χ0v) is 8.20. The molecule has 0 saturated carbocycles. The standard InChI is InChI=1S/C7H8Br2/c8-6-4-2-1-3-5-7(6)9/h6-7H,1-2,4H2. The van der Waals surface area contributed by atoms with Crippen LogP contribution in [0.2, 0.25) is 0 Å². The van der Waals surface area contributed by atoms with E-state index in [1.165, 1.54) is 12.8 Å². The van der Waals surface area contributed by atoms with Gasteiger partial charge in [0.05, 0.1) is 4.83 Å². The molecule has 1 aliphatic rings. The number of alkyl halides is 2. The third-order valence-electron chi connectivity index (χ3n) is 1.34. The highest BCUT2D eigenvalue weighted by Gasteiger charge is 2.13. The summed E-state index contributed by atoms with van der Waals surface area (Å²) in [5.74, 6) is 6.21. The Kier molecular flexibility index (Phi) is 3.08. The Morgan fingerprint density at radius 2 is 2.11 bits per heavy atom. The molecule has 0 N–H and O–H groups in total. The first-order valence-electron chi connectivity index (χ1n) is 3.07. The molecule has 2 heteroatoms. The van der Waals surface area contributed by atoms with E-state index in [9.17, 15) is 0 Å². The van der Waals surface area contributed by atoms with Crippen LogP contribution in [0.5, 0.6) is 0 Å². The van der Waals surface area contributed by atoms with Gasteiger partial charge in [0.25, 0.3) is 0 Å². The summed E-state index contributed by atoms with van der Waals surface area (Å²) >= 11 is 7.04. The van der Waals surface area contributed by atoms with E-state index in [1.54, 1.807) is 0 Å². The van der Waals surface area contributed by atoms with E-state index in [1.807, 2.05) is 0 Å². The molecule has 0 aromatic heterocycles. The second-order valence-electron chi connectivity index (χ2n) is 2.13. The molecule has 0 spiro atoms. The minimum absolute atomic E-state index is 0.361. The van der Waals surface area contributed by atoms with Crippen LogP contribution in [0.3, 0.4) is 0 Å². The molecular weight excluding hydrogens is 244 g/mol. The van der Waals surface area contributed by atoms with Gasteiger partial charge in [-0.15, -0.1) is 5.92 Å². The summed E-state index contributed by atoms with van der Waals surface area (Å²) in [6.07, 6.45) is 3.51. The molecule has 0 fully saturated rings. The predicted octanol–water partition coefficient (Wildman–Crippen LogP) is 2.70. The normalized spacial score (nSPS) is 34.4. The van der Waals surface area contributed by atoms with Crippen molar-refractivity contribution >= 4 is 31.9 Å². The van der Waals surface area contributed by atoms with Crippen molar-refractivity contribution in [1.82, 2.24) is 0 Å². The first-order valence-corrected chi connectivity index (χ1v) is 4.90. The monoisotopic (exact) mass is 250 g/mol. The molecule has 0 aromatic carbocycles. The molecule has 0 aliphatic heterocycles. The second-order valence-corrected chi connectivity index (χ2v) is 4.29. The predicted molar refractivity (Wildman–Crippen MR) is 47.1 cm³/mol. The average molecular weight is 252 g/mol. The van der Waals surface area contributed by atoms with Crippen molar-refractivity contribution in [2.75, 3.05) is 0 Å². The van der Waals surface area contributed by atoms with E-state index in [4.69, 9.17) is 0 Å². The molecule has 1 aliphatic carbocycles. The van der Waals surface area contributed by atoms with Crippen LogP contribution in [0.15, 0.2) is 0 Å². The molecule has 0 radical (unpaired) electrons. The Morgan fingerprint density at radius 3 is 2.89 bits per heavy atom. The van der Waals surface area contributed by atoms with Crippen LogP contribution < -0.4 is 0 Å². The van der Waals surface area contributed by atoms with Crippen molar-refractivity contribution in [2.45, 2.75) is 28.9 Å². The number of rotatable bonds is 0. The summed E-state index contributed by atoms with van der Waals surface area (Å²) in [4.78, 5) is 0.910. The topological polar surface area (TPSA) is 0 Å². The lowest BCUT2D eigenvalue weighted by molar-refractivity contribution is 0.755. The molecule has 0 heterocycles. The summed E-state index contributed by atoms with van der Waals surface area (Å²) in [7, 11) is 0. The summed E-state index contributed by atoms with van der Waals surface area (Å²) in [6, 6.07) is 0. The minimum atomic E-state index is 0.361. The number of hydrogen-bond acceptors (Lipinski definition) is 0. The maximum absolute atomic E-state index is 3.55. The first-order chi connectivity index (χ1) is 4.30. The minimum Gasteiger partial charge on any atom is -0.102 e. The van der Waals surface area contributed by atoms with Crippen molar-refractivity contribution in [2.24, 2.45) is 0 Å². The molecule has 0 amide bonds. The van der Waals surface area contributed by atoms with E-state index in [-0.39, 0.29) is 0 Å². The van der Waals surface area contributed by atoms with Gasteiger partial charge < -0.3 is 0 Å². The van der Waals surface area contributed by atoms with Crippen molar-refractivity contribution in [3.8, 4) is 11.8 Å². The van der Waals surface area contributed by atoms with Gasteiger partial charge >= 0.3 is 0 Å². The summed E-state index contributed by atoms with van der Waals surface area (Å²) < 4.78 is 0. The molecule has 1 rings (SSSR count). The zero-order chi connectivity index (χ0) is 6.69. The molecule has 0 nitrogen and oxygen atoms in total. The van der Waals surface area contributed by atoms with E-state index >= 15 is 0 Å². The third kappa shape index (κ3) is 2.31. The highest BCUT2D eigenvalue weighted by Crippen LogP contribution is 2.21.